The summed E-state index contributed by atoms with van der Waals surface area (Å²) in [7, 11) is 0. The first-order valence-corrected chi connectivity index (χ1v) is 7.26. The summed E-state index contributed by atoms with van der Waals surface area (Å²) in [5.74, 6) is 0. The van der Waals surface area contributed by atoms with E-state index in [9.17, 15) is 13.2 Å². The van der Waals surface area contributed by atoms with E-state index >= 15 is 0 Å². The summed E-state index contributed by atoms with van der Waals surface area (Å²) < 4.78 is 39.2. The number of pyridine rings is 2. The van der Waals surface area contributed by atoms with Gasteiger partial charge in [0, 0.05) is 36.1 Å². The standard InChI is InChI=1S/C17H16F3N3/c1-11-3-6-21-12(2)14(11)9-15-13-5-8-23(10-17(18,19)20)16(13)4-7-22-15/h3-8H,9-10H2,1-2H3. The highest BCUT2D eigenvalue weighted by Gasteiger charge is 2.28. The summed E-state index contributed by atoms with van der Waals surface area (Å²) >= 11 is 0. The maximum atomic E-state index is 12.7. The normalized spacial score (nSPS) is 12.0. The molecule has 0 aromatic carbocycles. The van der Waals surface area contributed by atoms with Gasteiger partial charge in [-0.3, -0.25) is 9.97 Å². The molecule has 3 rings (SSSR count). The summed E-state index contributed by atoms with van der Waals surface area (Å²) in [5, 5.41) is 0.749. The highest BCUT2D eigenvalue weighted by Crippen LogP contribution is 2.26. The Kier molecular flexibility index (Phi) is 3.83. The van der Waals surface area contributed by atoms with E-state index in [4.69, 9.17) is 0 Å². The van der Waals surface area contributed by atoms with Gasteiger partial charge in [-0.2, -0.15) is 13.2 Å². The largest absolute Gasteiger partial charge is 0.406 e. The van der Waals surface area contributed by atoms with E-state index in [0.717, 1.165) is 27.9 Å². The number of fused-ring (bicyclic) bond motifs is 1. The van der Waals surface area contributed by atoms with Crippen LogP contribution in [0, 0.1) is 13.8 Å². The van der Waals surface area contributed by atoms with Crippen molar-refractivity contribution >= 4 is 10.9 Å². The van der Waals surface area contributed by atoms with Crippen molar-refractivity contribution in [3.8, 4) is 0 Å². The fourth-order valence-electron chi connectivity index (χ4n) is 2.81. The maximum Gasteiger partial charge on any atom is 0.406 e. The molecule has 0 amide bonds. The third-order valence-corrected chi connectivity index (χ3v) is 3.98. The molecule has 0 fully saturated rings. The molecule has 0 atom stereocenters. The van der Waals surface area contributed by atoms with Gasteiger partial charge >= 0.3 is 6.18 Å². The summed E-state index contributed by atoms with van der Waals surface area (Å²) in [6.07, 6.45) is 1.09. The molecule has 0 radical (unpaired) electrons. The number of rotatable bonds is 3. The van der Waals surface area contributed by atoms with Crippen molar-refractivity contribution in [2.45, 2.75) is 33.0 Å². The van der Waals surface area contributed by atoms with E-state index in [0.29, 0.717) is 11.9 Å². The summed E-state index contributed by atoms with van der Waals surface area (Å²) in [6, 6.07) is 5.25. The van der Waals surface area contributed by atoms with Crippen LogP contribution in [0.3, 0.4) is 0 Å². The zero-order valence-electron chi connectivity index (χ0n) is 12.9. The summed E-state index contributed by atoms with van der Waals surface area (Å²) in [5.41, 5.74) is 4.40. The van der Waals surface area contributed by atoms with Gasteiger partial charge in [0.15, 0.2) is 0 Å². The van der Waals surface area contributed by atoms with Gasteiger partial charge in [0.2, 0.25) is 0 Å². The molecule has 0 N–H and O–H groups in total. The molecule has 0 aliphatic heterocycles. The Morgan fingerprint density at radius 1 is 1.04 bits per heavy atom. The first-order chi connectivity index (χ1) is 10.8. The van der Waals surface area contributed by atoms with Crippen LogP contribution in [0.5, 0.6) is 0 Å². The lowest BCUT2D eigenvalue weighted by Crippen LogP contribution is -2.16. The quantitative estimate of drug-likeness (QED) is 0.724. The first-order valence-electron chi connectivity index (χ1n) is 7.26. The van der Waals surface area contributed by atoms with Crippen LogP contribution in [0.15, 0.2) is 36.8 Å². The Hall–Kier alpha value is -2.37. The molecule has 0 unspecified atom stereocenters. The van der Waals surface area contributed by atoms with Crippen LogP contribution in [0.4, 0.5) is 13.2 Å². The van der Waals surface area contributed by atoms with Crippen molar-refractivity contribution in [3.63, 3.8) is 0 Å². The van der Waals surface area contributed by atoms with Gasteiger partial charge < -0.3 is 4.57 Å². The fraction of sp³-hybridized carbons (Fsp3) is 0.294. The molecule has 6 heteroatoms. The second-order valence-corrected chi connectivity index (χ2v) is 5.62. The number of hydrogen-bond donors (Lipinski definition) is 0. The molecule has 0 aliphatic carbocycles. The number of nitrogens with zero attached hydrogens (tertiary/aromatic N) is 3. The molecule has 0 saturated carbocycles. The topological polar surface area (TPSA) is 30.7 Å². The lowest BCUT2D eigenvalue weighted by molar-refractivity contribution is -0.139. The molecule has 0 bridgehead atoms. The Morgan fingerprint density at radius 2 is 1.78 bits per heavy atom. The molecule has 0 spiro atoms. The van der Waals surface area contributed by atoms with Gasteiger partial charge in [-0.25, -0.2) is 0 Å². The lowest BCUT2D eigenvalue weighted by atomic mass is 10.0. The van der Waals surface area contributed by atoms with Crippen molar-refractivity contribution in [2.24, 2.45) is 0 Å². The van der Waals surface area contributed by atoms with Crippen LogP contribution >= 0.6 is 0 Å². The van der Waals surface area contributed by atoms with Crippen LogP contribution in [-0.4, -0.2) is 20.7 Å². The Bertz CT molecular complexity index is 830. The average molecular weight is 319 g/mol. The van der Waals surface area contributed by atoms with Gasteiger partial charge in [-0.15, -0.1) is 0 Å². The average Bonchev–Trinajstić information content (AvgIpc) is 2.85. The first kappa shape index (κ1) is 15.5. The van der Waals surface area contributed by atoms with E-state index in [1.807, 2.05) is 19.9 Å². The highest BCUT2D eigenvalue weighted by molar-refractivity contribution is 5.82. The third-order valence-electron chi connectivity index (χ3n) is 3.98. The highest BCUT2D eigenvalue weighted by atomic mass is 19.4. The fourth-order valence-corrected chi connectivity index (χ4v) is 2.81. The molecule has 120 valence electrons. The Labute approximate surface area is 131 Å². The SMILES string of the molecule is Cc1ccnc(C)c1Cc1nccc2c1ccn2CC(F)(F)F. The van der Waals surface area contributed by atoms with Crippen molar-refractivity contribution in [3.05, 3.63) is 59.3 Å². The number of alkyl halides is 3. The molecular formula is C17H16F3N3. The van der Waals surface area contributed by atoms with E-state index in [2.05, 4.69) is 9.97 Å². The number of hydrogen-bond acceptors (Lipinski definition) is 2. The van der Waals surface area contributed by atoms with E-state index < -0.39 is 12.7 Å². The Balaban J connectivity index is 2.03. The molecule has 0 saturated heterocycles. The lowest BCUT2D eigenvalue weighted by Gasteiger charge is -2.11. The van der Waals surface area contributed by atoms with Crippen molar-refractivity contribution in [1.29, 1.82) is 0 Å². The van der Waals surface area contributed by atoms with Gasteiger partial charge in [0.25, 0.3) is 0 Å². The minimum absolute atomic E-state index is 0.548. The predicted molar refractivity (Wildman–Crippen MR) is 82.3 cm³/mol. The van der Waals surface area contributed by atoms with E-state index in [1.54, 1.807) is 24.5 Å². The maximum absolute atomic E-state index is 12.7. The predicted octanol–water partition coefficient (Wildman–Crippen LogP) is 4.20. The number of aromatic nitrogens is 3. The smallest absolute Gasteiger partial charge is 0.338 e. The second kappa shape index (κ2) is 5.68. The van der Waals surface area contributed by atoms with E-state index in [-0.39, 0.29) is 0 Å². The van der Waals surface area contributed by atoms with Crippen LogP contribution in [0.1, 0.15) is 22.5 Å². The van der Waals surface area contributed by atoms with E-state index in [1.165, 1.54) is 10.8 Å². The molecular weight excluding hydrogens is 303 g/mol. The number of halogens is 3. The Morgan fingerprint density at radius 3 is 2.48 bits per heavy atom. The molecule has 0 aliphatic rings. The van der Waals surface area contributed by atoms with Crippen LogP contribution in [0.2, 0.25) is 0 Å². The zero-order valence-corrected chi connectivity index (χ0v) is 12.9. The van der Waals surface area contributed by atoms with Crippen LogP contribution in [-0.2, 0) is 13.0 Å². The van der Waals surface area contributed by atoms with Crippen LogP contribution in [0.25, 0.3) is 10.9 Å². The zero-order chi connectivity index (χ0) is 16.6. The summed E-state index contributed by atoms with van der Waals surface area (Å²) in [6.45, 7) is 2.93. The molecule has 3 aromatic heterocycles. The molecule has 3 aromatic rings. The second-order valence-electron chi connectivity index (χ2n) is 5.62. The van der Waals surface area contributed by atoms with Gasteiger partial charge in [-0.1, -0.05) is 0 Å². The number of aryl methyl sites for hydroxylation is 2. The van der Waals surface area contributed by atoms with Crippen molar-refractivity contribution in [2.75, 3.05) is 0 Å². The molecule has 3 nitrogen and oxygen atoms in total. The molecule has 23 heavy (non-hydrogen) atoms. The minimum Gasteiger partial charge on any atom is -0.338 e. The monoisotopic (exact) mass is 319 g/mol. The minimum atomic E-state index is -4.24. The third kappa shape index (κ3) is 3.21. The molecule has 3 heterocycles. The van der Waals surface area contributed by atoms with Crippen LogP contribution < -0.4 is 0 Å². The van der Waals surface area contributed by atoms with Crippen molar-refractivity contribution < 1.29 is 13.2 Å². The van der Waals surface area contributed by atoms with Crippen molar-refractivity contribution in [1.82, 2.24) is 14.5 Å². The van der Waals surface area contributed by atoms with Gasteiger partial charge in [0.1, 0.15) is 6.54 Å². The van der Waals surface area contributed by atoms with Gasteiger partial charge in [0.05, 0.1) is 11.2 Å². The van der Waals surface area contributed by atoms with Gasteiger partial charge in [-0.05, 0) is 43.2 Å². The summed E-state index contributed by atoms with van der Waals surface area (Å²) in [4.78, 5) is 8.66.